The van der Waals surface area contributed by atoms with Crippen LogP contribution >= 0.6 is 0 Å². The van der Waals surface area contributed by atoms with Gasteiger partial charge in [-0.15, -0.1) is 0 Å². The van der Waals surface area contributed by atoms with Crippen LogP contribution in [0, 0.1) is 0 Å². The summed E-state index contributed by atoms with van der Waals surface area (Å²) < 4.78 is 29.4. The van der Waals surface area contributed by atoms with Crippen molar-refractivity contribution in [3.8, 4) is 0 Å². The largest absolute Gasteiger partial charge is 0.285 e. The average molecular weight is 196 g/mol. The van der Waals surface area contributed by atoms with Crippen molar-refractivity contribution in [3.05, 3.63) is 0 Å². The summed E-state index contributed by atoms with van der Waals surface area (Å²) in [6, 6.07) is 0.965. The van der Waals surface area contributed by atoms with Crippen LogP contribution < -0.4 is 0 Å². The second-order valence-corrected chi connectivity index (χ2v) is 8.88. The van der Waals surface area contributed by atoms with Gasteiger partial charge in [-0.3, -0.25) is 4.55 Å². The van der Waals surface area contributed by atoms with E-state index in [1.54, 1.807) is 13.8 Å². The van der Waals surface area contributed by atoms with Crippen LogP contribution in [0.3, 0.4) is 0 Å². The SMILES string of the molecule is CCC[SiH2]C(C)(C)S(=O)(=O)O. The van der Waals surface area contributed by atoms with Crippen LogP contribution in [0.15, 0.2) is 0 Å². The van der Waals surface area contributed by atoms with Gasteiger partial charge in [0.05, 0.1) is 4.37 Å². The van der Waals surface area contributed by atoms with E-state index in [4.69, 9.17) is 4.55 Å². The molecule has 68 valence electrons. The molecule has 0 rings (SSSR count). The van der Waals surface area contributed by atoms with E-state index in [1.807, 2.05) is 6.92 Å². The number of rotatable bonds is 4. The van der Waals surface area contributed by atoms with Crippen LogP contribution in [-0.4, -0.2) is 26.9 Å². The molecule has 0 saturated carbocycles. The van der Waals surface area contributed by atoms with Crippen molar-refractivity contribution in [2.75, 3.05) is 0 Å². The predicted octanol–water partition coefficient (Wildman–Crippen LogP) is 0.607. The first-order valence-electron chi connectivity index (χ1n) is 3.78. The van der Waals surface area contributed by atoms with Crippen molar-refractivity contribution >= 4 is 19.6 Å². The van der Waals surface area contributed by atoms with Crippen LogP contribution in [0.4, 0.5) is 0 Å². The average Bonchev–Trinajstić information content (AvgIpc) is 1.81. The fourth-order valence-corrected chi connectivity index (χ4v) is 3.40. The first kappa shape index (κ1) is 11.1. The highest BCUT2D eigenvalue weighted by atomic mass is 32.2. The fraction of sp³-hybridized carbons (Fsp3) is 1.00. The minimum Gasteiger partial charge on any atom is -0.285 e. The van der Waals surface area contributed by atoms with Crippen molar-refractivity contribution in [1.82, 2.24) is 0 Å². The summed E-state index contributed by atoms with van der Waals surface area (Å²) in [4.78, 5) is 0. The molecule has 0 radical (unpaired) electrons. The van der Waals surface area contributed by atoms with Gasteiger partial charge >= 0.3 is 0 Å². The van der Waals surface area contributed by atoms with Gasteiger partial charge in [0.1, 0.15) is 0 Å². The molecular weight excluding hydrogens is 180 g/mol. The molecule has 11 heavy (non-hydrogen) atoms. The normalized spacial score (nSPS) is 14.5. The van der Waals surface area contributed by atoms with E-state index < -0.39 is 24.0 Å². The third-order valence-electron chi connectivity index (χ3n) is 1.83. The Morgan fingerprint density at radius 3 is 2.18 bits per heavy atom. The lowest BCUT2D eigenvalue weighted by Gasteiger charge is -2.19. The third-order valence-corrected chi connectivity index (χ3v) is 7.20. The van der Waals surface area contributed by atoms with E-state index >= 15 is 0 Å². The van der Waals surface area contributed by atoms with Gasteiger partial charge in [-0.05, 0) is 13.8 Å². The van der Waals surface area contributed by atoms with Crippen LogP contribution in [0.25, 0.3) is 0 Å². The Balaban J connectivity index is 4.24. The molecule has 0 aliphatic rings. The second kappa shape index (κ2) is 3.69. The molecule has 0 aromatic rings. The maximum Gasteiger partial charge on any atom is 0.266 e. The Morgan fingerprint density at radius 2 is 1.91 bits per heavy atom. The van der Waals surface area contributed by atoms with E-state index in [2.05, 4.69) is 0 Å². The molecule has 0 unspecified atom stereocenters. The van der Waals surface area contributed by atoms with Crippen LogP contribution in [0.5, 0.6) is 0 Å². The van der Waals surface area contributed by atoms with E-state index in [0.717, 1.165) is 12.5 Å². The predicted molar refractivity (Wildman–Crippen MR) is 49.3 cm³/mol. The van der Waals surface area contributed by atoms with Gasteiger partial charge in [0, 0.05) is 9.52 Å². The van der Waals surface area contributed by atoms with Gasteiger partial charge in [0.2, 0.25) is 0 Å². The Labute approximate surface area is 70.8 Å². The maximum absolute atomic E-state index is 10.7. The highest BCUT2D eigenvalue weighted by molar-refractivity contribution is 7.88. The summed E-state index contributed by atoms with van der Waals surface area (Å²) >= 11 is 0. The highest BCUT2D eigenvalue weighted by Crippen LogP contribution is 2.14. The molecule has 0 aliphatic heterocycles. The first-order valence-corrected chi connectivity index (χ1v) is 6.93. The van der Waals surface area contributed by atoms with Crippen molar-refractivity contribution < 1.29 is 13.0 Å². The second-order valence-electron chi connectivity index (χ2n) is 3.34. The van der Waals surface area contributed by atoms with Crippen molar-refractivity contribution in [1.29, 1.82) is 0 Å². The molecule has 0 atom stereocenters. The zero-order chi connectivity index (χ0) is 9.12. The lowest BCUT2D eigenvalue weighted by molar-refractivity contribution is 0.466. The summed E-state index contributed by atoms with van der Waals surface area (Å²) in [5.74, 6) is 0. The molecule has 0 spiro atoms. The Bertz CT molecular complexity index is 208. The van der Waals surface area contributed by atoms with E-state index in [1.165, 1.54) is 0 Å². The van der Waals surface area contributed by atoms with Gasteiger partial charge in [0.15, 0.2) is 0 Å². The van der Waals surface area contributed by atoms with Crippen LogP contribution in [-0.2, 0) is 10.1 Å². The number of hydrogen-bond acceptors (Lipinski definition) is 2. The lowest BCUT2D eigenvalue weighted by atomic mass is 10.5. The molecule has 0 saturated heterocycles. The van der Waals surface area contributed by atoms with Gasteiger partial charge < -0.3 is 0 Å². The standard InChI is InChI=1S/C6H16O3SSi/c1-4-5-11-6(2,3)10(7,8)9/h4-5,11H2,1-3H3,(H,7,8,9). The van der Waals surface area contributed by atoms with Crippen molar-refractivity contribution in [2.24, 2.45) is 0 Å². The zero-order valence-corrected chi connectivity index (χ0v) is 9.52. The molecule has 3 nitrogen and oxygen atoms in total. The maximum atomic E-state index is 10.7. The Morgan fingerprint density at radius 1 is 1.45 bits per heavy atom. The van der Waals surface area contributed by atoms with Gasteiger partial charge in [0.25, 0.3) is 10.1 Å². The van der Waals surface area contributed by atoms with E-state index in [-0.39, 0.29) is 0 Å². The summed E-state index contributed by atoms with van der Waals surface area (Å²) in [5.41, 5.74) is 0. The van der Waals surface area contributed by atoms with Crippen LogP contribution in [0.1, 0.15) is 27.2 Å². The monoisotopic (exact) mass is 196 g/mol. The summed E-state index contributed by atoms with van der Waals surface area (Å²) in [7, 11) is -4.52. The molecular formula is C6H16O3SSi. The minimum atomic E-state index is -3.81. The Kier molecular flexibility index (Phi) is 3.73. The molecule has 0 aromatic carbocycles. The van der Waals surface area contributed by atoms with Crippen molar-refractivity contribution in [2.45, 2.75) is 37.6 Å². The quantitative estimate of drug-likeness (QED) is 0.529. The Hall–Kier alpha value is 0.127. The molecule has 5 heteroatoms. The highest BCUT2D eigenvalue weighted by Gasteiger charge is 2.31. The first-order chi connectivity index (χ1) is 4.81. The smallest absolute Gasteiger partial charge is 0.266 e. The minimum absolute atomic E-state index is 0.703. The topological polar surface area (TPSA) is 54.4 Å². The lowest BCUT2D eigenvalue weighted by Crippen LogP contribution is -2.37. The molecule has 1 N–H and O–H groups in total. The van der Waals surface area contributed by atoms with E-state index in [0.29, 0.717) is 0 Å². The third kappa shape index (κ3) is 3.35. The van der Waals surface area contributed by atoms with Crippen molar-refractivity contribution in [3.63, 3.8) is 0 Å². The van der Waals surface area contributed by atoms with Gasteiger partial charge in [-0.25, -0.2) is 0 Å². The van der Waals surface area contributed by atoms with Gasteiger partial charge in [-0.2, -0.15) is 8.42 Å². The molecule has 0 aliphatic carbocycles. The van der Waals surface area contributed by atoms with Crippen LogP contribution in [0.2, 0.25) is 6.04 Å². The summed E-state index contributed by atoms with van der Waals surface area (Å²) in [6.45, 7) is 5.22. The molecule has 0 fully saturated rings. The molecule has 0 aromatic heterocycles. The van der Waals surface area contributed by atoms with E-state index in [9.17, 15) is 8.42 Å². The molecule has 0 amide bonds. The zero-order valence-electron chi connectivity index (χ0n) is 7.29. The summed E-state index contributed by atoms with van der Waals surface area (Å²) in [6.07, 6.45) is 1.01. The number of hydrogen-bond donors (Lipinski definition) is 1. The van der Waals surface area contributed by atoms with Gasteiger partial charge in [-0.1, -0.05) is 19.4 Å². The summed E-state index contributed by atoms with van der Waals surface area (Å²) in [5, 5.41) is 0. The fourth-order valence-electron chi connectivity index (χ4n) is 0.731. The molecule has 0 heterocycles. The molecule has 0 bridgehead atoms.